The standard InChI is InChI=1S/C21H20N4OS/c1-2-3-11-23-21(26)16(14-22)13-17-15-25(18-8-5-4-6-9-18)24-20(17)19-10-7-12-27-19/h4-10,12-13,15H,2-3,11H2,1H3,(H,23,26)/b16-13-. The van der Waals surface area contributed by atoms with Gasteiger partial charge in [0.2, 0.25) is 0 Å². The topological polar surface area (TPSA) is 70.7 Å². The van der Waals surface area contributed by atoms with Crippen molar-refractivity contribution in [2.45, 2.75) is 19.8 Å². The molecule has 0 unspecified atom stereocenters. The van der Waals surface area contributed by atoms with E-state index in [1.165, 1.54) is 0 Å². The molecule has 3 rings (SSSR count). The number of thiophene rings is 1. The quantitative estimate of drug-likeness (QED) is 0.377. The number of carbonyl (C=O) groups excluding carboxylic acids is 1. The van der Waals surface area contributed by atoms with Crippen LogP contribution in [0.1, 0.15) is 25.3 Å². The van der Waals surface area contributed by atoms with Crippen molar-refractivity contribution in [2.75, 3.05) is 6.54 Å². The summed E-state index contributed by atoms with van der Waals surface area (Å²) in [6.07, 6.45) is 5.33. The second-order valence-electron chi connectivity index (χ2n) is 5.97. The normalized spacial score (nSPS) is 11.2. The summed E-state index contributed by atoms with van der Waals surface area (Å²) in [5, 5.41) is 18.9. The summed E-state index contributed by atoms with van der Waals surface area (Å²) in [7, 11) is 0. The highest BCUT2D eigenvalue weighted by atomic mass is 32.1. The summed E-state index contributed by atoms with van der Waals surface area (Å²) >= 11 is 1.57. The van der Waals surface area contributed by atoms with Gasteiger partial charge in [-0.1, -0.05) is 37.6 Å². The highest BCUT2D eigenvalue weighted by molar-refractivity contribution is 7.13. The Morgan fingerprint density at radius 1 is 1.30 bits per heavy atom. The fourth-order valence-electron chi connectivity index (χ4n) is 2.59. The molecule has 0 aliphatic rings. The van der Waals surface area contributed by atoms with E-state index in [4.69, 9.17) is 0 Å². The number of nitriles is 1. The number of aromatic nitrogens is 2. The number of unbranched alkanes of at least 4 members (excludes halogenated alkanes) is 1. The summed E-state index contributed by atoms with van der Waals surface area (Å²) in [5.41, 5.74) is 2.49. The zero-order chi connectivity index (χ0) is 19.1. The number of benzene rings is 1. The van der Waals surface area contributed by atoms with Crippen LogP contribution in [0.25, 0.3) is 22.3 Å². The first-order valence-electron chi connectivity index (χ1n) is 8.82. The van der Waals surface area contributed by atoms with Crippen molar-refractivity contribution >= 4 is 23.3 Å². The molecule has 2 aromatic heterocycles. The van der Waals surface area contributed by atoms with Crippen molar-refractivity contribution in [3.63, 3.8) is 0 Å². The van der Waals surface area contributed by atoms with E-state index in [9.17, 15) is 10.1 Å². The Balaban J connectivity index is 1.99. The Morgan fingerprint density at radius 2 is 2.11 bits per heavy atom. The maximum absolute atomic E-state index is 12.3. The lowest BCUT2D eigenvalue weighted by Crippen LogP contribution is -2.25. The van der Waals surface area contributed by atoms with Crippen LogP contribution in [0.15, 0.2) is 59.6 Å². The minimum Gasteiger partial charge on any atom is -0.351 e. The van der Waals surface area contributed by atoms with Gasteiger partial charge in [0.05, 0.1) is 10.6 Å². The average molecular weight is 376 g/mol. The summed E-state index contributed by atoms with van der Waals surface area (Å²) in [5.74, 6) is -0.351. The summed E-state index contributed by atoms with van der Waals surface area (Å²) < 4.78 is 1.77. The average Bonchev–Trinajstić information content (AvgIpc) is 3.36. The highest BCUT2D eigenvalue weighted by Gasteiger charge is 2.15. The van der Waals surface area contributed by atoms with Crippen LogP contribution in [-0.2, 0) is 4.79 Å². The van der Waals surface area contributed by atoms with Gasteiger partial charge >= 0.3 is 0 Å². The molecule has 1 N–H and O–H groups in total. The minimum absolute atomic E-state index is 0.0801. The monoisotopic (exact) mass is 376 g/mol. The van der Waals surface area contributed by atoms with Crippen molar-refractivity contribution in [3.8, 4) is 22.3 Å². The van der Waals surface area contributed by atoms with Gasteiger partial charge in [0.15, 0.2) is 0 Å². The van der Waals surface area contributed by atoms with Crippen molar-refractivity contribution in [1.29, 1.82) is 5.26 Å². The van der Waals surface area contributed by atoms with Crippen LogP contribution >= 0.6 is 11.3 Å². The molecule has 0 fully saturated rings. The second kappa shape index (κ2) is 8.97. The molecular weight excluding hydrogens is 356 g/mol. The Morgan fingerprint density at radius 3 is 2.78 bits per heavy atom. The van der Waals surface area contributed by atoms with Crippen molar-refractivity contribution in [3.05, 3.63) is 65.2 Å². The van der Waals surface area contributed by atoms with Crippen LogP contribution in [0.5, 0.6) is 0 Å². The second-order valence-corrected chi connectivity index (χ2v) is 6.92. The SMILES string of the molecule is CCCCNC(=O)/C(C#N)=C\c1cn(-c2ccccc2)nc1-c1cccs1. The van der Waals surface area contributed by atoms with Gasteiger partial charge in [-0.15, -0.1) is 11.3 Å². The first-order valence-corrected chi connectivity index (χ1v) is 9.70. The third-order valence-corrected chi connectivity index (χ3v) is 4.88. The smallest absolute Gasteiger partial charge is 0.261 e. The van der Waals surface area contributed by atoms with Gasteiger partial charge < -0.3 is 5.32 Å². The zero-order valence-corrected chi connectivity index (χ0v) is 15.9. The Bertz CT molecular complexity index is 966. The lowest BCUT2D eigenvalue weighted by atomic mass is 10.1. The van der Waals surface area contributed by atoms with E-state index >= 15 is 0 Å². The first-order chi connectivity index (χ1) is 13.2. The van der Waals surface area contributed by atoms with E-state index in [-0.39, 0.29) is 11.5 Å². The van der Waals surface area contributed by atoms with Crippen molar-refractivity contribution in [1.82, 2.24) is 15.1 Å². The van der Waals surface area contributed by atoms with E-state index < -0.39 is 0 Å². The lowest BCUT2D eigenvalue weighted by molar-refractivity contribution is -0.117. The summed E-state index contributed by atoms with van der Waals surface area (Å²) in [6.45, 7) is 2.62. The summed E-state index contributed by atoms with van der Waals surface area (Å²) in [6, 6.07) is 15.7. The predicted molar refractivity (Wildman–Crippen MR) is 108 cm³/mol. The molecule has 2 heterocycles. The number of carbonyl (C=O) groups is 1. The molecular formula is C21H20N4OS. The molecule has 3 aromatic rings. The molecule has 0 bridgehead atoms. The van der Waals surface area contributed by atoms with E-state index in [1.807, 2.05) is 60.1 Å². The first kappa shape index (κ1) is 18.6. The fourth-order valence-corrected chi connectivity index (χ4v) is 3.32. The van der Waals surface area contributed by atoms with Gasteiger partial charge in [0.25, 0.3) is 5.91 Å². The Hall–Kier alpha value is -3.17. The molecule has 1 amide bonds. The van der Waals surface area contributed by atoms with Gasteiger partial charge in [0, 0.05) is 18.3 Å². The molecule has 0 saturated carbocycles. The van der Waals surface area contributed by atoms with Crippen molar-refractivity contribution in [2.24, 2.45) is 0 Å². The Kier molecular flexibility index (Phi) is 6.18. The molecule has 0 aliphatic carbocycles. The fraction of sp³-hybridized carbons (Fsp3) is 0.190. The molecule has 0 atom stereocenters. The maximum atomic E-state index is 12.3. The van der Waals surface area contributed by atoms with Gasteiger partial charge in [-0.2, -0.15) is 10.4 Å². The molecule has 136 valence electrons. The molecule has 27 heavy (non-hydrogen) atoms. The largest absolute Gasteiger partial charge is 0.351 e. The van der Waals surface area contributed by atoms with E-state index in [2.05, 4.69) is 17.3 Å². The number of amides is 1. The molecule has 1 aromatic carbocycles. The van der Waals surface area contributed by atoms with Gasteiger partial charge in [-0.3, -0.25) is 4.79 Å². The minimum atomic E-state index is -0.351. The van der Waals surface area contributed by atoms with E-state index in [0.29, 0.717) is 6.54 Å². The van der Waals surface area contributed by atoms with Gasteiger partial charge in [-0.25, -0.2) is 4.68 Å². The lowest BCUT2D eigenvalue weighted by Gasteiger charge is -2.02. The highest BCUT2D eigenvalue weighted by Crippen LogP contribution is 2.29. The molecule has 0 saturated heterocycles. The third-order valence-electron chi connectivity index (χ3n) is 4.00. The number of hydrogen-bond donors (Lipinski definition) is 1. The van der Waals surface area contributed by atoms with Crippen LogP contribution < -0.4 is 5.32 Å². The van der Waals surface area contributed by atoms with Gasteiger partial charge in [0.1, 0.15) is 17.3 Å². The number of nitrogens with zero attached hydrogens (tertiary/aromatic N) is 3. The molecule has 6 heteroatoms. The Labute approximate surface area is 162 Å². The summed E-state index contributed by atoms with van der Waals surface area (Å²) in [4.78, 5) is 13.3. The third kappa shape index (κ3) is 4.52. The molecule has 0 radical (unpaired) electrons. The van der Waals surface area contributed by atoms with E-state index in [0.717, 1.165) is 34.7 Å². The molecule has 0 spiro atoms. The maximum Gasteiger partial charge on any atom is 0.261 e. The number of hydrogen-bond acceptors (Lipinski definition) is 4. The van der Waals surface area contributed by atoms with Crippen LogP contribution in [0, 0.1) is 11.3 Å². The van der Waals surface area contributed by atoms with Crippen LogP contribution in [0.4, 0.5) is 0 Å². The predicted octanol–water partition coefficient (Wildman–Crippen LogP) is 4.42. The number of rotatable bonds is 7. The molecule has 5 nitrogen and oxygen atoms in total. The number of nitrogens with one attached hydrogen (secondary N) is 1. The van der Waals surface area contributed by atoms with E-state index in [1.54, 1.807) is 22.1 Å². The molecule has 0 aliphatic heterocycles. The van der Waals surface area contributed by atoms with Crippen LogP contribution in [0.3, 0.4) is 0 Å². The zero-order valence-electron chi connectivity index (χ0n) is 15.1. The van der Waals surface area contributed by atoms with Gasteiger partial charge in [-0.05, 0) is 36.1 Å². The van der Waals surface area contributed by atoms with Crippen molar-refractivity contribution < 1.29 is 4.79 Å². The van der Waals surface area contributed by atoms with Crippen LogP contribution in [-0.4, -0.2) is 22.2 Å². The van der Waals surface area contributed by atoms with Crippen LogP contribution in [0.2, 0.25) is 0 Å². The number of para-hydroxylation sites is 1.